The minimum atomic E-state index is 0.0597. The molecule has 0 saturated carbocycles. The molecule has 0 radical (unpaired) electrons. The third-order valence-corrected chi connectivity index (χ3v) is 14.7. The quantitative estimate of drug-likeness (QED) is 0.0673. The van der Waals surface area contributed by atoms with E-state index in [0.29, 0.717) is 0 Å². The summed E-state index contributed by atoms with van der Waals surface area (Å²) in [5.41, 5.74) is 27.1. The molecule has 7 aromatic carbocycles. The normalized spacial score (nSPS) is 12.5. The first kappa shape index (κ1) is 58.7. The largest absolute Gasteiger partial charge is 0.399 e. The number of allylic oxidation sites excluding steroid dienone is 4. The average Bonchev–Trinajstić information content (AvgIpc) is 3.70. The van der Waals surface area contributed by atoms with Crippen LogP contribution < -0.4 is 5.73 Å². The summed E-state index contributed by atoms with van der Waals surface area (Å²) in [6, 6.07) is 60.4. The number of aryl methyl sites for hydroxylation is 4. The van der Waals surface area contributed by atoms with Gasteiger partial charge in [0.15, 0.2) is 0 Å². The van der Waals surface area contributed by atoms with Gasteiger partial charge in [-0.25, -0.2) is 0 Å². The fraction of sp³-hybridized carbons (Fsp3) is 0.370. The molecule has 0 heterocycles. The van der Waals surface area contributed by atoms with Crippen LogP contribution in [0.1, 0.15) is 182 Å². The van der Waals surface area contributed by atoms with Crippen LogP contribution in [0.5, 0.6) is 0 Å². The Kier molecular flexibility index (Phi) is 25.5. The first-order chi connectivity index (χ1) is 36.1. The Balaban J connectivity index is 0.000000328. The maximum atomic E-state index is 5.43. The molecule has 0 aromatic heterocycles. The summed E-state index contributed by atoms with van der Waals surface area (Å²) >= 11 is 0. The Hall–Kier alpha value is -6.18. The second-order valence-corrected chi connectivity index (χ2v) is 20.9. The zero-order chi connectivity index (χ0) is 53.0. The molecule has 1 nitrogen and oxygen atoms in total. The summed E-state index contributed by atoms with van der Waals surface area (Å²) in [5, 5.41) is 0. The van der Waals surface area contributed by atoms with Crippen molar-refractivity contribution in [3.8, 4) is 33.4 Å². The van der Waals surface area contributed by atoms with E-state index in [1.807, 2.05) is 45.0 Å². The van der Waals surface area contributed by atoms with Crippen LogP contribution in [0, 0.1) is 27.7 Å². The lowest BCUT2D eigenvalue weighted by atomic mass is 9.70. The summed E-state index contributed by atoms with van der Waals surface area (Å²) in [6.45, 7) is 19.2. The average molecular weight is 985 g/mol. The molecule has 390 valence electrons. The summed E-state index contributed by atoms with van der Waals surface area (Å²) in [7, 11) is 0. The van der Waals surface area contributed by atoms with E-state index in [9.17, 15) is 0 Å². The standard InChI is InChI=1S/C49H58.C8H10.C7H9N.C7H10.C2H6/c1-4-6-8-10-12-17-33-49(34-18-13-11-9-7-5-2)47-36-43(41-25-21-38(3)22-26-41)29-31-45(47)46-32-30-44(37-48(46)49)42-27-23-40(24-28-42)35-39-19-15-14-16-20-39;1-7-3-5-8(2)6-4-7;1-6-2-4-7(8)5-3-6;1-7-5-3-2-4-6-7;1-2/h14-16,19-32,36-37H,4-13,17-18,33-35H2,1-3H3;3-6H,1-2H3;2-5H,8H2,1H3;3,5-6H,2,4H2,1H3;1-2H3. The molecular weight excluding hydrogens is 891 g/mol. The summed E-state index contributed by atoms with van der Waals surface area (Å²) in [4.78, 5) is 0. The zero-order valence-corrected chi connectivity index (χ0v) is 47.4. The van der Waals surface area contributed by atoms with Gasteiger partial charge in [0.1, 0.15) is 0 Å². The molecule has 9 rings (SSSR count). The number of nitrogens with two attached hydrogens (primary N) is 1. The summed E-state index contributed by atoms with van der Waals surface area (Å²) < 4.78 is 0. The highest BCUT2D eigenvalue weighted by Crippen LogP contribution is 2.56. The first-order valence-electron chi connectivity index (χ1n) is 28.8. The first-order valence-corrected chi connectivity index (χ1v) is 28.8. The van der Waals surface area contributed by atoms with E-state index in [1.165, 1.54) is 175 Å². The minimum absolute atomic E-state index is 0.0597. The molecule has 74 heavy (non-hydrogen) atoms. The molecule has 7 aromatic rings. The maximum absolute atomic E-state index is 5.43. The Bertz CT molecular complexity index is 2600. The number of benzene rings is 7. The predicted octanol–water partition coefficient (Wildman–Crippen LogP) is 21.9. The van der Waals surface area contributed by atoms with Gasteiger partial charge in [-0.2, -0.15) is 0 Å². The van der Waals surface area contributed by atoms with Gasteiger partial charge in [0.2, 0.25) is 0 Å². The highest BCUT2D eigenvalue weighted by atomic mass is 14.5. The minimum Gasteiger partial charge on any atom is -0.399 e. The summed E-state index contributed by atoms with van der Waals surface area (Å²) in [6.07, 6.45) is 28.7. The van der Waals surface area contributed by atoms with Crippen LogP contribution in [-0.2, 0) is 11.8 Å². The van der Waals surface area contributed by atoms with Gasteiger partial charge in [0.25, 0.3) is 0 Å². The van der Waals surface area contributed by atoms with Gasteiger partial charge in [-0.3, -0.25) is 0 Å². The molecular formula is C73H93N. The van der Waals surface area contributed by atoms with Gasteiger partial charge in [0.05, 0.1) is 0 Å². The Morgan fingerprint density at radius 3 is 1.20 bits per heavy atom. The van der Waals surface area contributed by atoms with Crippen molar-refractivity contribution in [3.63, 3.8) is 0 Å². The van der Waals surface area contributed by atoms with Crippen molar-refractivity contribution >= 4 is 5.69 Å². The highest BCUT2D eigenvalue weighted by molar-refractivity contribution is 5.86. The van der Waals surface area contributed by atoms with E-state index >= 15 is 0 Å². The number of nitrogen functional groups attached to an aromatic ring is 1. The third kappa shape index (κ3) is 18.6. The van der Waals surface area contributed by atoms with Gasteiger partial charge < -0.3 is 5.73 Å². The molecule has 0 spiro atoms. The molecule has 0 amide bonds. The number of hydrogen-bond donors (Lipinski definition) is 1. The third-order valence-electron chi connectivity index (χ3n) is 14.7. The molecule has 0 unspecified atom stereocenters. The highest BCUT2D eigenvalue weighted by Gasteiger charge is 2.42. The van der Waals surface area contributed by atoms with Crippen LogP contribution in [0.4, 0.5) is 5.69 Å². The lowest BCUT2D eigenvalue weighted by Crippen LogP contribution is -2.25. The molecule has 1 heteroatoms. The van der Waals surface area contributed by atoms with E-state index in [-0.39, 0.29) is 5.41 Å². The Morgan fingerprint density at radius 1 is 0.405 bits per heavy atom. The lowest BCUT2D eigenvalue weighted by Gasteiger charge is -2.33. The van der Waals surface area contributed by atoms with E-state index < -0.39 is 0 Å². The SMILES string of the molecule is CC.CC1=CCCC=C1.CCCCCCCCC1(CCCCCCCC)c2cc(-c3ccc(C)cc3)ccc2-c2ccc(-c3ccc(Cc4ccccc4)cc3)cc21.Cc1ccc(C)cc1.Cc1ccc(N)cc1. The smallest absolute Gasteiger partial charge is 0.0314 e. The monoisotopic (exact) mass is 984 g/mol. The van der Waals surface area contributed by atoms with Crippen LogP contribution in [0.2, 0.25) is 0 Å². The zero-order valence-electron chi connectivity index (χ0n) is 47.4. The summed E-state index contributed by atoms with van der Waals surface area (Å²) in [5.74, 6) is 0. The van der Waals surface area contributed by atoms with Crippen molar-refractivity contribution in [2.75, 3.05) is 5.73 Å². The molecule has 0 atom stereocenters. The predicted molar refractivity (Wildman–Crippen MR) is 328 cm³/mol. The van der Waals surface area contributed by atoms with Gasteiger partial charge in [-0.1, -0.05) is 290 Å². The van der Waals surface area contributed by atoms with Crippen LogP contribution in [-0.4, -0.2) is 0 Å². The van der Waals surface area contributed by atoms with Crippen molar-refractivity contribution < 1.29 is 0 Å². The van der Waals surface area contributed by atoms with E-state index in [0.717, 1.165) is 12.1 Å². The lowest BCUT2D eigenvalue weighted by molar-refractivity contribution is 0.398. The molecule has 2 N–H and O–H groups in total. The van der Waals surface area contributed by atoms with Gasteiger partial charge in [-0.05, 0) is 147 Å². The number of hydrogen-bond acceptors (Lipinski definition) is 1. The molecule has 0 saturated heterocycles. The number of rotatable bonds is 18. The number of unbranched alkanes of at least 4 members (excludes halogenated alkanes) is 10. The number of anilines is 1. The molecule has 2 aliphatic carbocycles. The van der Waals surface area contributed by atoms with Crippen molar-refractivity contribution in [1.29, 1.82) is 0 Å². The van der Waals surface area contributed by atoms with Crippen molar-refractivity contribution in [2.45, 2.75) is 177 Å². The fourth-order valence-electron chi connectivity index (χ4n) is 10.3. The van der Waals surface area contributed by atoms with E-state index in [2.05, 4.69) is 199 Å². The van der Waals surface area contributed by atoms with E-state index in [4.69, 9.17) is 5.73 Å². The van der Waals surface area contributed by atoms with Crippen molar-refractivity contribution in [3.05, 3.63) is 232 Å². The fourth-order valence-corrected chi connectivity index (χ4v) is 10.3. The molecule has 0 bridgehead atoms. The number of fused-ring (bicyclic) bond motifs is 3. The van der Waals surface area contributed by atoms with Crippen molar-refractivity contribution in [2.24, 2.45) is 0 Å². The second-order valence-electron chi connectivity index (χ2n) is 20.9. The van der Waals surface area contributed by atoms with Crippen LogP contribution in [0.3, 0.4) is 0 Å². The van der Waals surface area contributed by atoms with Gasteiger partial charge in [0, 0.05) is 11.1 Å². The molecule has 0 fully saturated rings. The maximum Gasteiger partial charge on any atom is 0.0314 e. The topological polar surface area (TPSA) is 26.0 Å². The Morgan fingerprint density at radius 2 is 0.797 bits per heavy atom. The molecule has 0 aliphatic heterocycles. The second kappa shape index (κ2) is 32.2. The van der Waals surface area contributed by atoms with Crippen molar-refractivity contribution in [1.82, 2.24) is 0 Å². The van der Waals surface area contributed by atoms with Crippen LogP contribution >= 0.6 is 0 Å². The van der Waals surface area contributed by atoms with Gasteiger partial charge >= 0.3 is 0 Å². The van der Waals surface area contributed by atoms with E-state index in [1.54, 1.807) is 11.1 Å². The van der Waals surface area contributed by atoms with Crippen LogP contribution in [0.25, 0.3) is 33.4 Å². The Labute approximate surface area is 451 Å². The molecule has 2 aliphatic rings. The van der Waals surface area contributed by atoms with Gasteiger partial charge in [-0.15, -0.1) is 0 Å². The van der Waals surface area contributed by atoms with Crippen LogP contribution in [0.15, 0.2) is 188 Å².